The van der Waals surface area contributed by atoms with Crippen LogP contribution in [0.1, 0.15) is 16.7 Å². The van der Waals surface area contributed by atoms with Crippen molar-refractivity contribution in [1.29, 1.82) is 10.5 Å². The molecule has 0 saturated carbocycles. The second-order valence-electron chi connectivity index (χ2n) is 4.57. The predicted octanol–water partition coefficient (Wildman–Crippen LogP) is 2.81. The number of rotatable bonds is 4. The molecule has 21 heavy (non-hydrogen) atoms. The molecule has 2 aromatic rings. The van der Waals surface area contributed by atoms with Crippen LogP contribution in [0, 0.1) is 22.7 Å². The van der Waals surface area contributed by atoms with Crippen LogP contribution in [0.25, 0.3) is 0 Å². The van der Waals surface area contributed by atoms with Gasteiger partial charge in [0, 0.05) is 5.69 Å². The molecule has 1 N–H and O–H groups in total. The van der Waals surface area contributed by atoms with E-state index in [0.29, 0.717) is 17.7 Å². The van der Waals surface area contributed by atoms with Gasteiger partial charge in [-0.1, -0.05) is 24.3 Å². The molecule has 0 bridgehead atoms. The second-order valence-corrected chi connectivity index (χ2v) is 4.57. The fraction of sp³-hybridized carbons (Fsp3) is 0.118. The fourth-order valence-corrected chi connectivity index (χ4v) is 1.88. The zero-order valence-electron chi connectivity index (χ0n) is 11.3. The largest absolute Gasteiger partial charge is 0.326 e. The molecule has 102 valence electrons. The number of amides is 1. The summed E-state index contributed by atoms with van der Waals surface area (Å²) in [5, 5.41) is 20.1. The number of hydrogen-bond donors (Lipinski definition) is 1. The highest BCUT2D eigenvalue weighted by molar-refractivity contribution is 5.92. The number of nitrogens with one attached hydrogen (secondary N) is 1. The predicted molar refractivity (Wildman–Crippen MR) is 79.2 cm³/mol. The molecule has 0 fully saturated rings. The molecule has 0 aromatic heterocycles. The van der Waals surface area contributed by atoms with Crippen molar-refractivity contribution >= 4 is 11.6 Å². The average Bonchev–Trinajstić information content (AvgIpc) is 2.50. The monoisotopic (exact) mass is 275 g/mol. The highest BCUT2D eigenvalue weighted by Gasteiger charge is 2.04. The van der Waals surface area contributed by atoms with Gasteiger partial charge in [0.2, 0.25) is 5.91 Å². The number of nitriles is 2. The summed E-state index contributed by atoms with van der Waals surface area (Å²) in [6.45, 7) is 0. The van der Waals surface area contributed by atoms with Gasteiger partial charge in [-0.3, -0.25) is 4.79 Å². The van der Waals surface area contributed by atoms with Crippen LogP contribution >= 0.6 is 0 Å². The summed E-state index contributed by atoms with van der Waals surface area (Å²) in [6, 6.07) is 18.2. The van der Waals surface area contributed by atoms with Crippen molar-refractivity contribution in [2.75, 3.05) is 5.32 Å². The van der Waals surface area contributed by atoms with Crippen molar-refractivity contribution in [3.8, 4) is 12.1 Å². The van der Waals surface area contributed by atoms with Gasteiger partial charge in [-0.15, -0.1) is 0 Å². The van der Waals surface area contributed by atoms with Gasteiger partial charge in [-0.05, 0) is 35.4 Å². The molecular weight excluding hydrogens is 262 g/mol. The average molecular weight is 275 g/mol. The lowest BCUT2D eigenvalue weighted by Crippen LogP contribution is -2.14. The first kappa shape index (κ1) is 14.3. The quantitative estimate of drug-likeness (QED) is 0.932. The van der Waals surface area contributed by atoms with E-state index in [1.807, 2.05) is 18.2 Å². The highest BCUT2D eigenvalue weighted by Crippen LogP contribution is 2.11. The number of anilines is 1. The minimum Gasteiger partial charge on any atom is -0.326 e. The van der Waals surface area contributed by atoms with Crippen LogP contribution in [0.15, 0.2) is 48.5 Å². The number of carbonyl (C=O) groups is 1. The Morgan fingerprint density at radius 3 is 2.14 bits per heavy atom. The first-order valence-electron chi connectivity index (χ1n) is 6.46. The fourth-order valence-electron chi connectivity index (χ4n) is 1.88. The van der Waals surface area contributed by atoms with E-state index in [1.165, 1.54) is 0 Å². The Labute approximate surface area is 123 Å². The van der Waals surface area contributed by atoms with E-state index in [2.05, 4.69) is 11.4 Å². The molecule has 0 spiro atoms. The molecule has 0 saturated heterocycles. The Morgan fingerprint density at radius 2 is 1.57 bits per heavy atom. The van der Waals surface area contributed by atoms with Crippen molar-refractivity contribution in [1.82, 2.24) is 0 Å². The number of nitrogens with zero attached hydrogens (tertiary/aromatic N) is 2. The van der Waals surface area contributed by atoms with Crippen LogP contribution in [-0.4, -0.2) is 5.91 Å². The lowest BCUT2D eigenvalue weighted by Gasteiger charge is -2.06. The van der Waals surface area contributed by atoms with Crippen LogP contribution in [-0.2, 0) is 17.6 Å². The number of carbonyl (C=O) groups excluding carboxylic acids is 1. The van der Waals surface area contributed by atoms with Crippen LogP contribution in [0.5, 0.6) is 0 Å². The molecule has 0 aliphatic carbocycles. The van der Waals surface area contributed by atoms with Gasteiger partial charge in [-0.2, -0.15) is 10.5 Å². The Bertz CT molecular complexity index is 704. The van der Waals surface area contributed by atoms with Gasteiger partial charge < -0.3 is 5.32 Å². The molecule has 4 heteroatoms. The minimum absolute atomic E-state index is 0.118. The summed E-state index contributed by atoms with van der Waals surface area (Å²) < 4.78 is 0. The summed E-state index contributed by atoms with van der Waals surface area (Å²) in [7, 11) is 0. The molecule has 0 aliphatic heterocycles. The summed E-state index contributed by atoms with van der Waals surface area (Å²) in [5.41, 5.74) is 3.05. The van der Waals surface area contributed by atoms with Crippen molar-refractivity contribution in [3.63, 3.8) is 0 Å². The molecular formula is C17H13N3O. The van der Waals surface area contributed by atoms with Gasteiger partial charge >= 0.3 is 0 Å². The Kier molecular flexibility index (Phi) is 4.69. The maximum Gasteiger partial charge on any atom is 0.228 e. The van der Waals surface area contributed by atoms with E-state index in [1.54, 1.807) is 36.4 Å². The standard InChI is InChI=1S/C17H13N3O/c18-10-9-13-5-7-16(8-6-13)20-17(21)11-14-1-3-15(12-19)4-2-14/h1-8H,9,11H2,(H,20,21). The number of hydrogen-bond acceptors (Lipinski definition) is 3. The van der Waals surface area contributed by atoms with E-state index >= 15 is 0 Å². The first-order chi connectivity index (χ1) is 10.2. The first-order valence-corrected chi connectivity index (χ1v) is 6.46. The maximum absolute atomic E-state index is 11.9. The topological polar surface area (TPSA) is 76.7 Å². The lowest BCUT2D eigenvalue weighted by atomic mass is 10.1. The van der Waals surface area contributed by atoms with Gasteiger partial charge in [0.05, 0.1) is 30.5 Å². The van der Waals surface area contributed by atoms with Gasteiger partial charge in [0.25, 0.3) is 0 Å². The Morgan fingerprint density at radius 1 is 0.952 bits per heavy atom. The van der Waals surface area contributed by atoms with E-state index in [9.17, 15) is 4.79 Å². The van der Waals surface area contributed by atoms with Crippen molar-refractivity contribution in [3.05, 3.63) is 65.2 Å². The third-order valence-corrected chi connectivity index (χ3v) is 2.97. The maximum atomic E-state index is 11.9. The zero-order valence-corrected chi connectivity index (χ0v) is 11.3. The van der Waals surface area contributed by atoms with E-state index in [-0.39, 0.29) is 12.3 Å². The molecule has 2 rings (SSSR count). The zero-order chi connectivity index (χ0) is 15.1. The van der Waals surface area contributed by atoms with Crippen LogP contribution in [0.4, 0.5) is 5.69 Å². The van der Waals surface area contributed by atoms with Gasteiger partial charge in [0.15, 0.2) is 0 Å². The Balaban J connectivity index is 1.94. The minimum atomic E-state index is -0.118. The van der Waals surface area contributed by atoms with E-state index < -0.39 is 0 Å². The van der Waals surface area contributed by atoms with Crippen LogP contribution < -0.4 is 5.32 Å². The van der Waals surface area contributed by atoms with Crippen LogP contribution in [0.3, 0.4) is 0 Å². The number of benzene rings is 2. The summed E-state index contributed by atoms with van der Waals surface area (Å²) in [4.78, 5) is 11.9. The molecule has 0 radical (unpaired) electrons. The molecule has 4 nitrogen and oxygen atoms in total. The molecule has 0 unspecified atom stereocenters. The lowest BCUT2D eigenvalue weighted by molar-refractivity contribution is -0.115. The SMILES string of the molecule is N#CCc1ccc(NC(=O)Cc2ccc(C#N)cc2)cc1. The second kappa shape index (κ2) is 6.88. The van der Waals surface area contributed by atoms with Crippen molar-refractivity contribution in [2.45, 2.75) is 12.8 Å². The molecule has 0 atom stereocenters. The third kappa shape index (κ3) is 4.19. The molecule has 0 aliphatic rings. The Hall–Kier alpha value is -3.11. The smallest absolute Gasteiger partial charge is 0.228 e. The summed E-state index contributed by atoms with van der Waals surface area (Å²) in [6.07, 6.45) is 0.616. The van der Waals surface area contributed by atoms with Gasteiger partial charge in [-0.25, -0.2) is 0 Å². The van der Waals surface area contributed by atoms with E-state index in [4.69, 9.17) is 10.5 Å². The van der Waals surface area contributed by atoms with Gasteiger partial charge in [0.1, 0.15) is 0 Å². The normalized spacial score (nSPS) is 9.43. The van der Waals surface area contributed by atoms with Crippen LogP contribution in [0.2, 0.25) is 0 Å². The van der Waals surface area contributed by atoms with E-state index in [0.717, 1.165) is 11.1 Å². The molecule has 2 aromatic carbocycles. The molecule has 0 heterocycles. The van der Waals surface area contributed by atoms with Crippen molar-refractivity contribution < 1.29 is 4.79 Å². The highest BCUT2D eigenvalue weighted by atomic mass is 16.1. The summed E-state index contributed by atoms with van der Waals surface area (Å²) >= 11 is 0. The van der Waals surface area contributed by atoms with Crippen molar-refractivity contribution in [2.24, 2.45) is 0 Å². The molecule has 1 amide bonds. The third-order valence-electron chi connectivity index (χ3n) is 2.97. The summed E-state index contributed by atoms with van der Waals surface area (Å²) in [5.74, 6) is -0.118.